The molecule has 1 fully saturated rings. The summed E-state index contributed by atoms with van der Waals surface area (Å²) >= 11 is 4.01. The number of likely N-dealkylation sites (N-methyl/N-ethyl adjacent to an activating group) is 1. The molecule has 1 aliphatic rings. The first-order valence-electron chi connectivity index (χ1n) is 7.55. The second kappa shape index (κ2) is 10.4. The van der Waals surface area contributed by atoms with E-state index in [4.69, 9.17) is 0 Å². The van der Waals surface area contributed by atoms with Gasteiger partial charge in [-0.2, -0.15) is 0 Å². The van der Waals surface area contributed by atoms with Crippen molar-refractivity contribution in [1.82, 2.24) is 10.6 Å². The lowest BCUT2D eigenvalue weighted by molar-refractivity contribution is 0.0950. The Morgan fingerprint density at radius 2 is 1.91 bits per heavy atom. The van der Waals surface area contributed by atoms with Gasteiger partial charge in [-0.1, -0.05) is 19.1 Å². The number of thioether (sulfide) groups is 2. The predicted octanol–water partition coefficient (Wildman–Crippen LogP) is 3.70. The standard InChI is InChI=1S/C16H24N2OS2.ClH/c1-3-17-12(2)11-18-15(19)13-5-7-14(8-6-13)16-20-9-4-10-21-16;/h5-8,12,16-17H,3-4,9-11H2,1-2H3,(H,18,19);1H/t12-;/m1./s1. The number of hydrogen-bond acceptors (Lipinski definition) is 4. The topological polar surface area (TPSA) is 41.1 Å². The van der Waals surface area contributed by atoms with Crippen LogP contribution in [0.3, 0.4) is 0 Å². The smallest absolute Gasteiger partial charge is 0.251 e. The van der Waals surface area contributed by atoms with E-state index in [9.17, 15) is 4.79 Å². The summed E-state index contributed by atoms with van der Waals surface area (Å²) in [6.07, 6.45) is 1.30. The van der Waals surface area contributed by atoms with Crippen LogP contribution < -0.4 is 10.6 Å². The molecule has 2 N–H and O–H groups in total. The van der Waals surface area contributed by atoms with Crippen LogP contribution in [-0.4, -0.2) is 36.5 Å². The van der Waals surface area contributed by atoms with Crippen molar-refractivity contribution < 1.29 is 4.79 Å². The lowest BCUT2D eigenvalue weighted by Crippen LogP contribution is -2.38. The van der Waals surface area contributed by atoms with Crippen molar-refractivity contribution >= 4 is 41.8 Å². The van der Waals surface area contributed by atoms with Gasteiger partial charge in [-0.3, -0.25) is 4.79 Å². The molecule has 1 atom stereocenters. The van der Waals surface area contributed by atoms with Gasteiger partial charge in [-0.25, -0.2) is 0 Å². The van der Waals surface area contributed by atoms with Crippen molar-refractivity contribution in [2.45, 2.75) is 30.9 Å². The van der Waals surface area contributed by atoms with Gasteiger partial charge in [0.1, 0.15) is 0 Å². The number of rotatable bonds is 6. The summed E-state index contributed by atoms with van der Waals surface area (Å²) in [6.45, 7) is 5.72. The minimum Gasteiger partial charge on any atom is -0.350 e. The van der Waals surface area contributed by atoms with E-state index in [0.717, 1.165) is 12.1 Å². The number of amides is 1. The number of benzene rings is 1. The van der Waals surface area contributed by atoms with Crippen molar-refractivity contribution in [3.63, 3.8) is 0 Å². The largest absolute Gasteiger partial charge is 0.350 e. The van der Waals surface area contributed by atoms with Gasteiger partial charge in [-0.05, 0) is 49.1 Å². The molecular formula is C16H25ClN2OS2. The van der Waals surface area contributed by atoms with E-state index < -0.39 is 0 Å². The molecule has 22 heavy (non-hydrogen) atoms. The van der Waals surface area contributed by atoms with E-state index in [1.165, 1.54) is 23.5 Å². The van der Waals surface area contributed by atoms with E-state index in [2.05, 4.69) is 36.6 Å². The Morgan fingerprint density at radius 1 is 1.27 bits per heavy atom. The normalized spacial score (nSPS) is 16.6. The zero-order valence-corrected chi connectivity index (χ0v) is 15.6. The van der Waals surface area contributed by atoms with Gasteiger partial charge in [0.2, 0.25) is 0 Å². The summed E-state index contributed by atoms with van der Waals surface area (Å²) in [5.74, 6) is 2.49. The second-order valence-corrected chi connectivity index (χ2v) is 7.94. The molecule has 1 aliphatic heterocycles. The lowest BCUT2D eigenvalue weighted by Gasteiger charge is -2.21. The minimum atomic E-state index is 0. The van der Waals surface area contributed by atoms with Crippen LogP contribution in [0.15, 0.2) is 24.3 Å². The van der Waals surface area contributed by atoms with E-state index in [1.54, 1.807) is 0 Å². The first kappa shape index (κ1) is 19.7. The Labute approximate surface area is 148 Å². The maximum atomic E-state index is 12.1. The van der Waals surface area contributed by atoms with Crippen molar-refractivity contribution in [3.05, 3.63) is 35.4 Å². The molecule has 1 aromatic rings. The van der Waals surface area contributed by atoms with E-state index in [1.807, 2.05) is 35.7 Å². The molecule has 1 heterocycles. The second-order valence-electron chi connectivity index (χ2n) is 5.22. The number of halogens is 1. The highest BCUT2D eigenvalue weighted by Gasteiger charge is 2.17. The van der Waals surface area contributed by atoms with Gasteiger partial charge in [-0.15, -0.1) is 35.9 Å². The fraction of sp³-hybridized carbons (Fsp3) is 0.562. The molecule has 1 saturated heterocycles. The molecule has 2 rings (SSSR count). The maximum Gasteiger partial charge on any atom is 0.251 e. The molecule has 3 nitrogen and oxygen atoms in total. The molecule has 0 aliphatic carbocycles. The Bertz CT molecular complexity index is 450. The van der Waals surface area contributed by atoms with Crippen LogP contribution in [0.2, 0.25) is 0 Å². The molecule has 1 aromatic carbocycles. The number of carbonyl (C=O) groups excluding carboxylic acids is 1. The first-order valence-corrected chi connectivity index (χ1v) is 9.65. The van der Waals surface area contributed by atoms with Crippen LogP contribution in [0.25, 0.3) is 0 Å². The van der Waals surface area contributed by atoms with E-state index in [-0.39, 0.29) is 18.3 Å². The van der Waals surface area contributed by atoms with Gasteiger partial charge in [0, 0.05) is 18.2 Å². The SMILES string of the molecule is CCN[C@H](C)CNC(=O)c1ccc(C2SCCCS2)cc1.Cl. The Morgan fingerprint density at radius 3 is 2.50 bits per heavy atom. The van der Waals surface area contributed by atoms with Crippen LogP contribution >= 0.6 is 35.9 Å². The molecule has 0 unspecified atom stereocenters. The monoisotopic (exact) mass is 360 g/mol. The highest BCUT2D eigenvalue weighted by Crippen LogP contribution is 2.43. The Balaban J connectivity index is 0.00000242. The van der Waals surface area contributed by atoms with Crippen LogP contribution in [0.5, 0.6) is 0 Å². The summed E-state index contributed by atoms with van der Waals surface area (Å²) in [5.41, 5.74) is 2.07. The van der Waals surface area contributed by atoms with E-state index >= 15 is 0 Å². The highest BCUT2D eigenvalue weighted by molar-refractivity contribution is 8.16. The van der Waals surface area contributed by atoms with Crippen molar-refractivity contribution in [2.24, 2.45) is 0 Å². The quantitative estimate of drug-likeness (QED) is 0.811. The third kappa shape index (κ3) is 6.03. The molecule has 1 amide bonds. The van der Waals surface area contributed by atoms with Gasteiger partial charge in [0.25, 0.3) is 5.91 Å². The first-order chi connectivity index (χ1) is 10.2. The average Bonchev–Trinajstić information content (AvgIpc) is 2.54. The van der Waals surface area contributed by atoms with Crippen molar-refractivity contribution in [3.8, 4) is 0 Å². The number of hydrogen-bond donors (Lipinski definition) is 2. The van der Waals surface area contributed by atoms with Crippen LogP contribution in [0.1, 0.15) is 40.8 Å². The molecule has 0 radical (unpaired) electrons. The Hall–Kier alpha value is -0.360. The van der Waals surface area contributed by atoms with Gasteiger partial charge >= 0.3 is 0 Å². The molecule has 6 heteroatoms. The number of nitrogens with one attached hydrogen (secondary N) is 2. The number of carbonyl (C=O) groups is 1. The fourth-order valence-corrected chi connectivity index (χ4v) is 5.13. The fourth-order valence-electron chi connectivity index (χ4n) is 2.24. The highest BCUT2D eigenvalue weighted by atomic mass is 35.5. The van der Waals surface area contributed by atoms with Gasteiger partial charge in [0.15, 0.2) is 0 Å². The zero-order valence-electron chi connectivity index (χ0n) is 13.1. The van der Waals surface area contributed by atoms with Crippen molar-refractivity contribution in [1.29, 1.82) is 0 Å². The lowest BCUT2D eigenvalue weighted by atomic mass is 10.1. The molecular weight excluding hydrogens is 336 g/mol. The summed E-state index contributed by atoms with van der Waals surface area (Å²) < 4.78 is 0.532. The van der Waals surface area contributed by atoms with Crippen LogP contribution in [0, 0.1) is 0 Å². The third-order valence-corrected chi connectivity index (χ3v) is 6.41. The molecule has 124 valence electrons. The summed E-state index contributed by atoms with van der Waals surface area (Å²) in [5, 5.41) is 6.25. The molecule has 0 aromatic heterocycles. The average molecular weight is 361 g/mol. The van der Waals surface area contributed by atoms with Crippen LogP contribution in [-0.2, 0) is 0 Å². The summed E-state index contributed by atoms with van der Waals surface area (Å²) in [4.78, 5) is 12.1. The third-order valence-electron chi connectivity index (χ3n) is 3.39. The minimum absolute atomic E-state index is 0. The zero-order chi connectivity index (χ0) is 15.1. The van der Waals surface area contributed by atoms with Gasteiger partial charge in [0.05, 0.1) is 4.58 Å². The molecule has 0 spiro atoms. The predicted molar refractivity (Wildman–Crippen MR) is 101 cm³/mol. The van der Waals surface area contributed by atoms with Gasteiger partial charge < -0.3 is 10.6 Å². The summed E-state index contributed by atoms with van der Waals surface area (Å²) in [6, 6.07) is 8.38. The summed E-state index contributed by atoms with van der Waals surface area (Å²) in [7, 11) is 0. The molecule has 0 bridgehead atoms. The van der Waals surface area contributed by atoms with E-state index in [0.29, 0.717) is 17.2 Å². The maximum absolute atomic E-state index is 12.1. The Kier molecular flexibility index (Phi) is 9.33. The van der Waals surface area contributed by atoms with Crippen LogP contribution in [0.4, 0.5) is 0 Å². The molecule has 0 saturated carbocycles. The van der Waals surface area contributed by atoms with Crippen molar-refractivity contribution in [2.75, 3.05) is 24.6 Å².